The molecule has 0 radical (unpaired) electrons. The maximum Gasteiger partial charge on any atom is 0.0818 e. The topological polar surface area (TPSA) is 32.7 Å². The van der Waals surface area contributed by atoms with Gasteiger partial charge in [0, 0.05) is 19.5 Å². The predicted molar refractivity (Wildman–Crippen MR) is 40.9 cm³/mol. The average Bonchev–Trinajstić information content (AvgIpc) is 2.16. The second-order valence-electron chi connectivity index (χ2n) is 3.63. The number of fused-ring (bicyclic) bond motifs is 4. The van der Waals surface area contributed by atoms with Gasteiger partial charge in [0.05, 0.1) is 12.2 Å². The maximum atomic E-state index is 9.48. The molecular formula is C8H15NO2. The molecule has 1 saturated carbocycles. The van der Waals surface area contributed by atoms with E-state index in [0.717, 1.165) is 19.3 Å². The minimum atomic E-state index is -0.141. The van der Waals surface area contributed by atoms with Crippen LogP contribution in [0.5, 0.6) is 0 Å². The smallest absolute Gasteiger partial charge is 0.0818 e. The third-order valence-corrected chi connectivity index (χ3v) is 2.73. The molecule has 0 aromatic rings. The fourth-order valence-electron chi connectivity index (χ4n) is 2.07. The molecule has 0 amide bonds. The molecule has 0 aromatic carbocycles. The van der Waals surface area contributed by atoms with Crippen LogP contribution in [0.25, 0.3) is 0 Å². The molecule has 3 aliphatic rings. The second-order valence-corrected chi connectivity index (χ2v) is 3.63. The highest BCUT2D eigenvalue weighted by Crippen LogP contribution is 2.30. The van der Waals surface area contributed by atoms with Crippen molar-refractivity contribution in [2.24, 2.45) is 0 Å². The van der Waals surface area contributed by atoms with Crippen LogP contribution < -0.4 is 0 Å². The fraction of sp³-hybridized carbons (Fsp3) is 1.00. The van der Waals surface area contributed by atoms with Gasteiger partial charge >= 0.3 is 0 Å². The minimum absolute atomic E-state index is 0.141. The normalized spacial score (nSPS) is 45.8. The molecular weight excluding hydrogens is 142 g/mol. The van der Waals surface area contributed by atoms with E-state index in [2.05, 4.69) is 0 Å². The van der Waals surface area contributed by atoms with Gasteiger partial charge in [-0.05, 0) is 19.3 Å². The highest BCUT2D eigenvalue weighted by Gasteiger charge is 2.34. The van der Waals surface area contributed by atoms with E-state index < -0.39 is 0 Å². The third-order valence-electron chi connectivity index (χ3n) is 2.73. The molecule has 2 aliphatic heterocycles. The zero-order valence-electron chi connectivity index (χ0n) is 6.86. The molecule has 2 bridgehead atoms. The van der Waals surface area contributed by atoms with Crippen LogP contribution in [0.3, 0.4) is 0 Å². The number of hydroxylamine groups is 2. The van der Waals surface area contributed by atoms with E-state index in [1.807, 2.05) is 12.1 Å². The van der Waals surface area contributed by atoms with Crippen molar-refractivity contribution in [1.82, 2.24) is 5.06 Å². The molecule has 0 aromatic heterocycles. The van der Waals surface area contributed by atoms with Crippen molar-refractivity contribution in [2.45, 2.75) is 43.9 Å². The van der Waals surface area contributed by atoms with E-state index in [1.165, 1.54) is 6.42 Å². The second kappa shape index (κ2) is 2.73. The Balaban J connectivity index is 2.10. The number of nitrogens with zero attached hydrogens (tertiary/aromatic N) is 1. The molecule has 2 saturated heterocycles. The molecule has 1 N–H and O–H groups in total. The van der Waals surface area contributed by atoms with Gasteiger partial charge < -0.3 is 5.11 Å². The Morgan fingerprint density at radius 2 is 2.18 bits per heavy atom. The van der Waals surface area contributed by atoms with E-state index in [9.17, 15) is 5.11 Å². The van der Waals surface area contributed by atoms with Crippen molar-refractivity contribution in [2.75, 3.05) is 7.05 Å². The standard InChI is InChI=1S/C8H15NO2/c1-9-6-2-3-8(11-9)5-7(10)4-6/h6-8,10H,2-5H2,1H3/t6-,7-,8+/m1/s1. The Kier molecular flexibility index (Phi) is 1.87. The summed E-state index contributed by atoms with van der Waals surface area (Å²) in [6, 6.07) is 0.448. The third kappa shape index (κ3) is 1.41. The first kappa shape index (κ1) is 7.53. The summed E-state index contributed by atoms with van der Waals surface area (Å²) in [5, 5.41) is 11.4. The van der Waals surface area contributed by atoms with Crippen LogP contribution in [-0.2, 0) is 4.84 Å². The summed E-state index contributed by atoms with van der Waals surface area (Å²) < 4.78 is 0. The van der Waals surface area contributed by atoms with Crippen LogP contribution >= 0.6 is 0 Å². The van der Waals surface area contributed by atoms with E-state index in [4.69, 9.17) is 4.84 Å². The summed E-state index contributed by atoms with van der Waals surface area (Å²) in [6.45, 7) is 0. The van der Waals surface area contributed by atoms with E-state index in [0.29, 0.717) is 6.04 Å². The molecule has 3 nitrogen and oxygen atoms in total. The molecule has 0 unspecified atom stereocenters. The first-order valence-electron chi connectivity index (χ1n) is 4.33. The molecule has 0 spiro atoms. The Hall–Kier alpha value is -0.120. The summed E-state index contributed by atoms with van der Waals surface area (Å²) in [4.78, 5) is 5.55. The van der Waals surface area contributed by atoms with Crippen molar-refractivity contribution in [3.05, 3.63) is 0 Å². The molecule has 3 fully saturated rings. The Morgan fingerprint density at radius 1 is 1.36 bits per heavy atom. The largest absolute Gasteiger partial charge is 0.393 e. The monoisotopic (exact) mass is 157 g/mol. The summed E-state index contributed by atoms with van der Waals surface area (Å²) in [6.07, 6.45) is 4.13. The Labute approximate surface area is 66.9 Å². The molecule has 64 valence electrons. The summed E-state index contributed by atoms with van der Waals surface area (Å²) in [5.41, 5.74) is 0. The van der Waals surface area contributed by atoms with Crippen LogP contribution in [0.1, 0.15) is 25.7 Å². The van der Waals surface area contributed by atoms with Crippen molar-refractivity contribution in [3.63, 3.8) is 0 Å². The Bertz CT molecular complexity index is 149. The Morgan fingerprint density at radius 3 is 2.91 bits per heavy atom. The number of hydrogen-bond donors (Lipinski definition) is 1. The molecule has 11 heavy (non-hydrogen) atoms. The lowest BCUT2D eigenvalue weighted by Gasteiger charge is -2.32. The highest BCUT2D eigenvalue weighted by atomic mass is 16.7. The fourth-order valence-corrected chi connectivity index (χ4v) is 2.07. The predicted octanol–water partition coefficient (Wildman–Crippen LogP) is 0.536. The number of hydrogen-bond acceptors (Lipinski definition) is 3. The van der Waals surface area contributed by atoms with Crippen molar-refractivity contribution in [3.8, 4) is 0 Å². The van der Waals surface area contributed by atoms with Crippen molar-refractivity contribution >= 4 is 0 Å². The summed E-state index contributed by atoms with van der Waals surface area (Å²) in [5.74, 6) is 0. The van der Waals surface area contributed by atoms with Crippen LogP contribution in [-0.4, -0.2) is 35.5 Å². The van der Waals surface area contributed by atoms with Crippen LogP contribution in [0.2, 0.25) is 0 Å². The van der Waals surface area contributed by atoms with Gasteiger partial charge in [-0.25, -0.2) is 0 Å². The number of rotatable bonds is 0. The zero-order valence-corrected chi connectivity index (χ0v) is 6.86. The van der Waals surface area contributed by atoms with E-state index in [-0.39, 0.29) is 12.2 Å². The van der Waals surface area contributed by atoms with Gasteiger partial charge in [0.25, 0.3) is 0 Å². The lowest BCUT2D eigenvalue weighted by Crippen LogP contribution is -2.38. The molecule has 3 rings (SSSR count). The number of aliphatic hydroxyl groups is 1. The van der Waals surface area contributed by atoms with Gasteiger partial charge in [-0.1, -0.05) is 0 Å². The molecule has 3 atom stereocenters. The van der Waals surface area contributed by atoms with Gasteiger partial charge in [-0.2, -0.15) is 5.06 Å². The van der Waals surface area contributed by atoms with Crippen LogP contribution in [0.4, 0.5) is 0 Å². The van der Waals surface area contributed by atoms with Gasteiger partial charge in [-0.15, -0.1) is 0 Å². The summed E-state index contributed by atoms with van der Waals surface area (Å²) >= 11 is 0. The minimum Gasteiger partial charge on any atom is -0.393 e. The van der Waals surface area contributed by atoms with Crippen molar-refractivity contribution < 1.29 is 9.94 Å². The van der Waals surface area contributed by atoms with Gasteiger partial charge in [0.1, 0.15) is 0 Å². The van der Waals surface area contributed by atoms with E-state index in [1.54, 1.807) is 0 Å². The van der Waals surface area contributed by atoms with Crippen LogP contribution in [0, 0.1) is 0 Å². The molecule has 2 heterocycles. The maximum absolute atomic E-state index is 9.48. The first-order valence-corrected chi connectivity index (χ1v) is 4.33. The molecule has 1 aliphatic carbocycles. The first-order chi connectivity index (χ1) is 5.25. The average molecular weight is 157 g/mol. The SMILES string of the molecule is CN1O[C@H]2CC[C@@H]1C[C@@H](O)C2. The lowest BCUT2D eigenvalue weighted by molar-refractivity contribution is -0.224. The van der Waals surface area contributed by atoms with Crippen molar-refractivity contribution in [1.29, 1.82) is 0 Å². The van der Waals surface area contributed by atoms with Gasteiger partial charge in [0.15, 0.2) is 0 Å². The highest BCUT2D eigenvalue weighted by molar-refractivity contribution is 4.82. The lowest BCUT2D eigenvalue weighted by atomic mass is 10.1. The van der Waals surface area contributed by atoms with Gasteiger partial charge in [0.2, 0.25) is 0 Å². The zero-order chi connectivity index (χ0) is 7.84. The number of aliphatic hydroxyl groups excluding tert-OH is 1. The van der Waals surface area contributed by atoms with Crippen LogP contribution in [0.15, 0.2) is 0 Å². The summed E-state index contributed by atoms with van der Waals surface area (Å²) in [7, 11) is 1.97. The van der Waals surface area contributed by atoms with E-state index >= 15 is 0 Å². The van der Waals surface area contributed by atoms with Gasteiger partial charge in [-0.3, -0.25) is 4.84 Å². The molecule has 3 heteroatoms. The quantitative estimate of drug-likeness (QED) is 0.557.